The largest absolute Gasteiger partial charge is 0.353 e. The van der Waals surface area contributed by atoms with Crippen LogP contribution in [0.15, 0.2) is 48.7 Å². The quantitative estimate of drug-likeness (QED) is 0.702. The molecule has 0 spiro atoms. The molecule has 156 valence electrons. The summed E-state index contributed by atoms with van der Waals surface area (Å²) in [6.07, 6.45) is 1.76. The van der Waals surface area contributed by atoms with Crippen molar-refractivity contribution in [2.45, 2.75) is 13.8 Å². The Hall–Kier alpha value is -3.99. The summed E-state index contributed by atoms with van der Waals surface area (Å²) in [5, 5.41) is 12.2. The fraction of sp³-hybridized carbons (Fsp3) is 0.261. The molecule has 0 bridgehead atoms. The molecule has 2 aromatic heterocycles. The van der Waals surface area contributed by atoms with Crippen molar-refractivity contribution in [2.24, 2.45) is 0 Å². The fourth-order valence-corrected chi connectivity index (χ4v) is 3.52. The molecule has 0 unspecified atom stereocenters. The van der Waals surface area contributed by atoms with Gasteiger partial charge in [-0.25, -0.2) is 15.0 Å². The van der Waals surface area contributed by atoms with Gasteiger partial charge in [0.2, 0.25) is 0 Å². The van der Waals surface area contributed by atoms with Gasteiger partial charge in [-0.15, -0.1) is 0 Å². The summed E-state index contributed by atoms with van der Waals surface area (Å²) in [4.78, 5) is 30.1. The van der Waals surface area contributed by atoms with Crippen LogP contribution >= 0.6 is 0 Å². The van der Waals surface area contributed by atoms with E-state index in [1.165, 1.54) is 0 Å². The number of amides is 1. The third-order valence-corrected chi connectivity index (χ3v) is 5.15. The molecule has 1 N–H and O–H groups in total. The topological polar surface area (TPSA) is 98.0 Å². The van der Waals surface area contributed by atoms with Crippen molar-refractivity contribution < 1.29 is 4.79 Å². The molecule has 1 amide bonds. The van der Waals surface area contributed by atoms with E-state index in [-0.39, 0.29) is 5.91 Å². The second-order valence-corrected chi connectivity index (χ2v) is 7.47. The summed E-state index contributed by atoms with van der Waals surface area (Å²) in [5.74, 6) is 2.91. The first-order valence-corrected chi connectivity index (χ1v) is 10.1. The number of pyridine rings is 1. The van der Waals surface area contributed by atoms with Crippen molar-refractivity contribution in [3.05, 3.63) is 71.2 Å². The maximum atomic E-state index is 12.8. The summed E-state index contributed by atoms with van der Waals surface area (Å²) >= 11 is 0. The summed E-state index contributed by atoms with van der Waals surface area (Å²) in [7, 11) is 0. The van der Waals surface area contributed by atoms with E-state index < -0.39 is 0 Å². The van der Waals surface area contributed by atoms with Gasteiger partial charge in [-0.05, 0) is 55.8 Å². The lowest BCUT2D eigenvalue weighted by Gasteiger charge is -2.35. The molecule has 4 rings (SSSR count). The highest BCUT2D eigenvalue weighted by Crippen LogP contribution is 2.21. The molecule has 0 saturated carbocycles. The molecular formula is C23H23N7O. The first kappa shape index (κ1) is 20.3. The van der Waals surface area contributed by atoms with Crippen LogP contribution in [0.5, 0.6) is 0 Å². The van der Waals surface area contributed by atoms with E-state index in [0.717, 1.165) is 17.2 Å². The van der Waals surface area contributed by atoms with Crippen LogP contribution in [0.1, 0.15) is 27.3 Å². The number of hydrogen-bond donors (Lipinski definition) is 1. The number of benzene rings is 1. The average molecular weight is 413 g/mol. The SMILES string of the molecule is Cc1ccnc(Nc2cc(N3CCN(C(=O)c4ccc(C#N)cc4)CC3)nc(C)n2)c1. The van der Waals surface area contributed by atoms with Crippen LogP contribution in [0.4, 0.5) is 17.5 Å². The van der Waals surface area contributed by atoms with E-state index in [9.17, 15) is 4.79 Å². The smallest absolute Gasteiger partial charge is 0.253 e. The maximum absolute atomic E-state index is 12.8. The Morgan fingerprint density at radius 2 is 1.74 bits per heavy atom. The number of aryl methyl sites for hydroxylation is 2. The number of piperazine rings is 1. The average Bonchev–Trinajstić information content (AvgIpc) is 2.78. The third-order valence-electron chi connectivity index (χ3n) is 5.15. The van der Waals surface area contributed by atoms with Crippen LogP contribution in [0.3, 0.4) is 0 Å². The minimum atomic E-state index is -0.0177. The zero-order valence-electron chi connectivity index (χ0n) is 17.5. The zero-order chi connectivity index (χ0) is 21.8. The molecule has 1 aliphatic heterocycles. The molecule has 1 aliphatic rings. The van der Waals surface area contributed by atoms with Gasteiger partial charge >= 0.3 is 0 Å². The highest BCUT2D eigenvalue weighted by atomic mass is 16.2. The molecule has 0 aliphatic carbocycles. The van der Waals surface area contributed by atoms with Gasteiger partial charge in [0.25, 0.3) is 5.91 Å². The molecule has 1 aromatic carbocycles. The van der Waals surface area contributed by atoms with Gasteiger partial charge in [0.05, 0.1) is 11.6 Å². The van der Waals surface area contributed by atoms with E-state index in [1.54, 1.807) is 30.5 Å². The Kier molecular flexibility index (Phi) is 5.76. The lowest BCUT2D eigenvalue weighted by atomic mass is 10.1. The molecular weight excluding hydrogens is 390 g/mol. The van der Waals surface area contributed by atoms with Crippen molar-refractivity contribution in [1.82, 2.24) is 19.9 Å². The summed E-state index contributed by atoms with van der Waals surface area (Å²) in [5.41, 5.74) is 2.26. The standard InChI is InChI=1S/C23H23N7O/c1-16-7-8-25-20(13-16)28-21-14-22(27-17(2)26-21)29-9-11-30(12-10-29)23(31)19-5-3-18(15-24)4-6-19/h3-8,13-14H,9-12H2,1-2H3,(H,25,26,27,28). The molecule has 8 heteroatoms. The van der Waals surface area contributed by atoms with Crippen LogP contribution in [0.2, 0.25) is 0 Å². The lowest BCUT2D eigenvalue weighted by molar-refractivity contribution is 0.0746. The predicted octanol–water partition coefficient (Wildman–Crippen LogP) is 3.07. The molecule has 31 heavy (non-hydrogen) atoms. The number of nitriles is 1. The molecule has 1 saturated heterocycles. The fourth-order valence-electron chi connectivity index (χ4n) is 3.52. The van der Waals surface area contributed by atoms with Crippen molar-refractivity contribution in [3.8, 4) is 6.07 Å². The zero-order valence-corrected chi connectivity index (χ0v) is 17.5. The molecule has 1 fully saturated rings. The molecule has 3 heterocycles. The van der Waals surface area contributed by atoms with Crippen LogP contribution in [0, 0.1) is 25.2 Å². The highest BCUT2D eigenvalue weighted by molar-refractivity contribution is 5.94. The number of carbonyl (C=O) groups is 1. The van der Waals surface area contributed by atoms with Crippen LogP contribution < -0.4 is 10.2 Å². The monoisotopic (exact) mass is 413 g/mol. The van der Waals surface area contributed by atoms with Crippen molar-refractivity contribution in [2.75, 3.05) is 36.4 Å². The van der Waals surface area contributed by atoms with Crippen molar-refractivity contribution in [3.63, 3.8) is 0 Å². The number of carbonyl (C=O) groups excluding carboxylic acids is 1. The number of rotatable bonds is 4. The van der Waals surface area contributed by atoms with Crippen LogP contribution in [-0.4, -0.2) is 51.9 Å². The summed E-state index contributed by atoms with van der Waals surface area (Å²) in [6.45, 7) is 6.45. The Morgan fingerprint density at radius 3 is 2.42 bits per heavy atom. The minimum absolute atomic E-state index is 0.0177. The van der Waals surface area contributed by atoms with Gasteiger partial charge in [-0.1, -0.05) is 0 Å². The number of anilines is 3. The first-order chi connectivity index (χ1) is 15.0. The number of aromatic nitrogens is 3. The molecule has 8 nitrogen and oxygen atoms in total. The van der Waals surface area contributed by atoms with Crippen LogP contribution in [0.25, 0.3) is 0 Å². The lowest BCUT2D eigenvalue weighted by Crippen LogP contribution is -2.49. The highest BCUT2D eigenvalue weighted by Gasteiger charge is 2.23. The summed E-state index contributed by atoms with van der Waals surface area (Å²) in [6, 6.07) is 14.6. The van der Waals surface area contributed by atoms with Gasteiger partial charge in [0.15, 0.2) is 0 Å². The second-order valence-electron chi connectivity index (χ2n) is 7.47. The Balaban J connectivity index is 1.43. The number of hydrogen-bond acceptors (Lipinski definition) is 7. The van der Waals surface area contributed by atoms with Gasteiger partial charge < -0.3 is 15.1 Å². The van der Waals surface area contributed by atoms with E-state index in [1.807, 2.05) is 36.9 Å². The van der Waals surface area contributed by atoms with E-state index in [4.69, 9.17) is 5.26 Å². The second kappa shape index (κ2) is 8.79. The van der Waals surface area contributed by atoms with Crippen LogP contribution in [-0.2, 0) is 0 Å². The molecule has 0 atom stereocenters. The summed E-state index contributed by atoms with van der Waals surface area (Å²) < 4.78 is 0. The molecule has 0 radical (unpaired) electrons. The Bertz CT molecular complexity index is 1130. The number of nitrogens with one attached hydrogen (secondary N) is 1. The first-order valence-electron chi connectivity index (χ1n) is 10.1. The number of nitrogens with zero attached hydrogens (tertiary/aromatic N) is 6. The Morgan fingerprint density at radius 1 is 1.00 bits per heavy atom. The van der Waals surface area contributed by atoms with E-state index in [2.05, 4.69) is 31.2 Å². The van der Waals surface area contributed by atoms with E-state index in [0.29, 0.717) is 48.9 Å². The molecule has 3 aromatic rings. The predicted molar refractivity (Wildman–Crippen MR) is 118 cm³/mol. The third kappa shape index (κ3) is 4.78. The van der Waals surface area contributed by atoms with Crippen molar-refractivity contribution in [1.29, 1.82) is 5.26 Å². The van der Waals surface area contributed by atoms with Gasteiger partial charge in [-0.2, -0.15) is 5.26 Å². The van der Waals surface area contributed by atoms with Crippen molar-refractivity contribution >= 4 is 23.4 Å². The van der Waals surface area contributed by atoms with Gasteiger partial charge in [0, 0.05) is 44.0 Å². The minimum Gasteiger partial charge on any atom is -0.353 e. The maximum Gasteiger partial charge on any atom is 0.253 e. The van der Waals surface area contributed by atoms with Gasteiger partial charge in [-0.3, -0.25) is 4.79 Å². The van der Waals surface area contributed by atoms with Gasteiger partial charge in [0.1, 0.15) is 23.3 Å². The normalized spacial score (nSPS) is 13.6. The Labute approximate surface area is 181 Å². The van der Waals surface area contributed by atoms with E-state index >= 15 is 0 Å².